The molecule has 4 heterocycles. The van der Waals surface area contributed by atoms with Crippen molar-refractivity contribution in [1.82, 2.24) is 19.9 Å². The second-order valence-electron chi connectivity index (χ2n) is 6.67. The lowest BCUT2D eigenvalue weighted by Crippen LogP contribution is -2.59. The number of nitrogens with one attached hydrogen (secondary N) is 1. The van der Waals surface area contributed by atoms with Gasteiger partial charge in [-0.05, 0) is 25.1 Å². The molecule has 2 aliphatic heterocycles. The number of aromatic nitrogens is 3. The molecule has 0 radical (unpaired) electrons. The maximum absolute atomic E-state index is 5.57. The fourth-order valence-electron chi connectivity index (χ4n) is 3.48. The molecule has 8 nitrogen and oxygen atoms in total. The minimum atomic E-state index is 0.390. The summed E-state index contributed by atoms with van der Waals surface area (Å²) in [5.74, 6) is 2.02. The summed E-state index contributed by atoms with van der Waals surface area (Å²) < 4.78 is 10.9. The number of nitrogens with zero attached hydrogens (tertiary/aromatic N) is 5. The summed E-state index contributed by atoms with van der Waals surface area (Å²) in [5, 5.41) is 3.17. The predicted octanol–water partition coefficient (Wildman–Crippen LogP) is 1.53. The fourth-order valence-corrected chi connectivity index (χ4v) is 3.48. The molecule has 0 unspecified atom stereocenters. The van der Waals surface area contributed by atoms with Gasteiger partial charge in [0, 0.05) is 31.9 Å². The number of piperazine rings is 1. The van der Waals surface area contributed by atoms with E-state index in [0.717, 1.165) is 38.5 Å². The highest BCUT2D eigenvalue weighted by atomic mass is 16.5. The minimum Gasteiger partial charge on any atom is -0.479 e. The lowest BCUT2D eigenvalue weighted by Gasteiger charge is -2.46. The highest BCUT2D eigenvalue weighted by Gasteiger charge is 2.33. The van der Waals surface area contributed by atoms with E-state index in [-0.39, 0.29) is 0 Å². The molecular weight excluding hydrogens is 332 g/mol. The predicted molar refractivity (Wildman–Crippen MR) is 99.1 cm³/mol. The molecule has 1 N–H and O–H groups in total. The minimum absolute atomic E-state index is 0.390. The molecule has 0 spiro atoms. The number of anilines is 3. The number of hydrogen-bond donors (Lipinski definition) is 1. The van der Waals surface area contributed by atoms with Crippen molar-refractivity contribution in [2.24, 2.45) is 0 Å². The molecule has 0 aliphatic carbocycles. The van der Waals surface area contributed by atoms with Crippen molar-refractivity contribution < 1.29 is 9.47 Å². The van der Waals surface area contributed by atoms with Crippen molar-refractivity contribution in [3.05, 3.63) is 30.7 Å². The van der Waals surface area contributed by atoms with E-state index in [0.29, 0.717) is 29.6 Å². The summed E-state index contributed by atoms with van der Waals surface area (Å²) in [7, 11) is 1.66. The first-order valence-corrected chi connectivity index (χ1v) is 8.91. The van der Waals surface area contributed by atoms with Crippen LogP contribution in [-0.2, 0) is 4.74 Å². The van der Waals surface area contributed by atoms with E-state index in [2.05, 4.69) is 43.1 Å². The third-order valence-corrected chi connectivity index (χ3v) is 4.98. The maximum Gasteiger partial charge on any atom is 0.239 e. The van der Waals surface area contributed by atoms with Crippen molar-refractivity contribution in [1.29, 1.82) is 0 Å². The monoisotopic (exact) mass is 356 g/mol. The Morgan fingerprint density at radius 3 is 2.73 bits per heavy atom. The maximum atomic E-state index is 5.57. The van der Waals surface area contributed by atoms with Crippen LogP contribution in [0.4, 0.5) is 17.3 Å². The highest BCUT2D eigenvalue weighted by Crippen LogP contribution is 2.32. The van der Waals surface area contributed by atoms with Crippen molar-refractivity contribution in [2.45, 2.75) is 19.0 Å². The molecule has 8 heteroatoms. The molecule has 1 atom stereocenters. The van der Waals surface area contributed by atoms with Crippen molar-refractivity contribution >= 4 is 17.3 Å². The smallest absolute Gasteiger partial charge is 0.239 e. The summed E-state index contributed by atoms with van der Waals surface area (Å²) >= 11 is 0. The Morgan fingerprint density at radius 2 is 2.08 bits per heavy atom. The number of methoxy groups -OCH3 is 1. The zero-order chi connectivity index (χ0) is 17.9. The van der Waals surface area contributed by atoms with Crippen molar-refractivity contribution in [2.75, 3.05) is 50.2 Å². The van der Waals surface area contributed by atoms with E-state index in [4.69, 9.17) is 9.47 Å². The average molecular weight is 356 g/mol. The van der Waals surface area contributed by atoms with Crippen LogP contribution >= 0.6 is 0 Å². The second-order valence-corrected chi connectivity index (χ2v) is 6.67. The molecule has 0 amide bonds. The molecule has 26 heavy (non-hydrogen) atoms. The first-order valence-electron chi connectivity index (χ1n) is 8.91. The second kappa shape index (κ2) is 7.43. The van der Waals surface area contributed by atoms with Gasteiger partial charge in [-0.25, -0.2) is 9.97 Å². The molecule has 2 fully saturated rings. The Balaban J connectivity index is 1.49. The quantitative estimate of drug-likeness (QED) is 0.865. The summed E-state index contributed by atoms with van der Waals surface area (Å²) in [5.41, 5.74) is 1.03. The van der Waals surface area contributed by atoms with Crippen LogP contribution in [0.3, 0.4) is 0 Å². The zero-order valence-corrected chi connectivity index (χ0v) is 15.1. The lowest BCUT2D eigenvalue weighted by molar-refractivity contribution is -0.0691. The van der Waals surface area contributed by atoms with Crippen LogP contribution in [0.15, 0.2) is 30.7 Å². The van der Waals surface area contributed by atoms with Gasteiger partial charge in [-0.3, -0.25) is 4.90 Å². The van der Waals surface area contributed by atoms with Gasteiger partial charge in [-0.1, -0.05) is 0 Å². The first kappa shape index (κ1) is 17.0. The molecular formula is C18H24N6O2. The standard InChI is InChI=1S/C18H24N6O2/c1-13-9-23(14-10-26-11-14)7-8-24(13)15-3-4-17(22-18(15)25-2)21-16-5-6-19-12-20-16/h3-6,12-14H,7-11H2,1-2H3,(H,19,20,21,22)/t13-/m1/s1. The van der Waals surface area contributed by atoms with Crippen LogP contribution in [0.25, 0.3) is 0 Å². The highest BCUT2D eigenvalue weighted by molar-refractivity contribution is 5.62. The fraction of sp³-hybridized carbons (Fsp3) is 0.500. The topological polar surface area (TPSA) is 75.6 Å². The number of ether oxygens (including phenoxy) is 2. The third-order valence-electron chi connectivity index (χ3n) is 4.98. The number of rotatable bonds is 5. The van der Waals surface area contributed by atoms with E-state index in [9.17, 15) is 0 Å². The van der Waals surface area contributed by atoms with Crippen LogP contribution in [0.5, 0.6) is 5.88 Å². The molecule has 0 saturated carbocycles. The Labute approximate surface area is 153 Å². The van der Waals surface area contributed by atoms with Gasteiger partial charge in [0.1, 0.15) is 23.7 Å². The molecule has 4 rings (SSSR count). The van der Waals surface area contributed by atoms with E-state index in [1.165, 1.54) is 6.33 Å². The van der Waals surface area contributed by atoms with E-state index in [1.807, 2.05) is 6.07 Å². The molecule has 2 saturated heterocycles. The SMILES string of the molecule is COc1nc(Nc2ccncn2)ccc1N1CCN(C2COC2)C[C@H]1C. The third kappa shape index (κ3) is 3.42. The van der Waals surface area contributed by atoms with Crippen molar-refractivity contribution in [3.63, 3.8) is 0 Å². The molecule has 0 aromatic carbocycles. The van der Waals surface area contributed by atoms with Gasteiger partial charge < -0.3 is 19.7 Å². The molecule has 138 valence electrons. The normalized spacial score (nSPS) is 21.3. The van der Waals surface area contributed by atoms with Gasteiger partial charge >= 0.3 is 0 Å². The van der Waals surface area contributed by atoms with E-state index >= 15 is 0 Å². The van der Waals surface area contributed by atoms with Gasteiger partial charge in [-0.15, -0.1) is 0 Å². The zero-order valence-electron chi connectivity index (χ0n) is 15.1. The summed E-state index contributed by atoms with van der Waals surface area (Å²) in [4.78, 5) is 17.6. The first-order chi connectivity index (χ1) is 12.7. The molecule has 2 aromatic heterocycles. The van der Waals surface area contributed by atoms with E-state index < -0.39 is 0 Å². The lowest BCUT2D eigenvalue weighted by atomic mass is 10.1. The van der Waals surface area contributed by atoms with Crippen LogP contribution in [0.2, 0.25) is 0 Å². The van der Waals surface area contributed by atoms with Crippen LogP contribution in [-0.4, -0.2) is 71.9 Å². The van der Waals surface area contributed by atoms with Gasteiger partial charge in [0.05, 0.1) is 26.4 Å². The van der Waals surface area contributed by atoms with Crippen LogP contribution < -0.4 is 15.0 Å². The van der Waals surface area contributed by atoms with Crippen LogP contribution in [0, 0.1) is 0 Å². The summed E-state index contributed by atoms with van der Waals surface area (Å²) in [6.07, 6.45) is 3.19. The summed E-state index contributed by atoms with van der Waals surface area (Å²) in [6, 6.07) is 6.79. The number of pyridine rings is 1. The van der Waals surface area contributed by atoms with Crippen molar-refractivity contribution in [3.8, 4) is 5.88 Å². The van der Waals surface area contributed by atoms with Gasteiger partial charge in [-0.2, -0.15) is 4.98 Å². The largest absolute Gasteiger partial charge is 0.479 e. The Hall–Kier alpha value is -2.45. The Morgan fingerprint density at radius 1 is 1.19 bits per heavy atom. The molecule has 2 aromatic rings. The Kier molecular flexibility index (Phi) is 4.85. The number of hydrogen-bond acceptors (Lipinski definition) is 8. The molecule has 2 aliphatic rings. The summed E-state index contributed by atoms with van der Waals surface area (Å²) in [6.45, 7) is 6.98. The van der Waals surface area contributed by atoms with Gasteiger partial charge in [0.25, 0.3) is 0 Å². The molecule has 0 bridgehead atoms. The van der Waals surface area contributed by atoms with E-state index in [1.54, 1.807) is 19.4 Å². The van der Waals surface area contributed by atoms with Gasteiger partial charge in [0.2, 0.25) is 5.88 Å². The Bertz CT molecular complexity index is 740. The van der Waals surface area contributed by atoms with Gasteiger partial charge in [0.15, 0.2) is 0 Å². The van der Waals surface area contributed by atoms with Crippen LogP contribution in [0.1, 0.15) is 6.92 Å². The average Bonchev–Trinajstić information content (AvgIpc) is 2.62.